The highest BCUT2D eigenvalue weighted by molar-refractivity contribution is 5.96. The molecule has 0 aliphatic carbocycles. The Balaban J connectivity index is 1.74. The Bertz CT molecular complexity index is 968. The maximum Gasteiger partial charge on any atom is 0.267 e. The highest BCUT2D eigenvalue weighted by atomic mass is 16.5. The lowest BCUT2D eigenvalue weighted by atomic mass is 9.91. The van der Waals surface area contributed by atoms with Crippen LogP contribution < -0.4 is 10.8 Å². The molecule has 3 aromatic carbocycles. The molecule has 1 unspecified atom stereocenters. The van der Waals surface area contributed by atoms with E-state index < -0.39 is 5.91 Å². The van der Waals surface area contributed by atoms with Gasteiger partial charge in [-0.15, -0.1) is 0 Å². The zero-order valence-electron chi connectivity index (χ0n) is 15.8. The van der Waals surface area contributed by atoms with Crippen LogP contribution in [0.2, 0.25) is 0 Å². The molecule has 3 aromatic rings. The van der Waals surface area contributed by atoms with E-state index >= 15 is 0 Å². The van der Waals surface area contributed by atoms with Gasteiger partial charge in [-0.25, -0.2) is 5.48 Å². The molecule has 3 rings (SSSR count). The molecule has 0 bridgehead atoms. The molecule has 0 fully saturated rings. The van der Waals surface area contributed by atoms with Crippen molar-refractivity contribution in [3.63, 3.8) is 0 Å². The summed E-state index contributed by atoms with van der Waals surface area (Å²) in [6.45, 7) is 0. The van der Waals surface area contributed by atoms with E-state index in [2.05, 4.69) is 5.32 Å². The third-order valence-electron chi connectivity index (χ3n) is 4.52. The van der Waals surface area contributed by atoms with Crippen LogP contribution in [0.1, 0.15) is 22.6 Å². The Morgan fingerprint density at radius 3 is 2.10 bits per heavy atom. The molecule has 0 saturated heterocycles. The van der Waals surface area contributed by atoms with Gasteiger partial charge in [-0.3, -0.25) is 14.8 Å². The summed E-state index contributed by atoms with van der Waals surface area (Å²) in [5.41, 5.74) is 5.04. The second-order valence-electron chi connectivity index (χ2n) is 6.57. The summed E-state index contributed by atoms with van der Waals surface area (Å²) in [7, 11) is 0. The van der Waals surface area contributed by atoms with E-state index in [4.69, 9.17) is 5.21 Å². The number of hydroxylamine groups is 1. The average molecular weight is 386 g/mol. The Kier molecular flexibility index (Phi) is 6.92. The molecule has 0 aliphatic heterocycles. The van der Waals surface area contributed by atoms with Gasteiger partial charge < -0.3 is 5.32 Å². The molecule has 1 atom stereocenters. The lowest BCUT2D eigenvalue weighted by Gasteiger charge is -2.18. The number of benzene rings is 3. The molecule has 0 aromatic heterocycles. The predicted octanol–water partition coefficient (Wildman–Crippen LogP) is 4.17. The maximum absolute atomic E-state index is 13.1. The second kappa shape index (κ2) is 10.0. The minimum Gasteiger partial charge on any atom is -0.326 e. The van der Waals surface area contributed by atoms with E-state index in [1.54, 1.807) is 30.3 Å². The van der Waals surface area contributed by atoms with E-state index in [9.17, 15) is 9.59 Å². The Morgan fingerprint density at radius 2 is 1.48 bits per heavy atom. The average Bonchev–Trinajstić information content (AvgIpc) is 2.78. The molecule has 5 nitrogen and oxygen atoms in total. The van der Waals surface area contributed by atoms with Crippen LogP contribution >= 0.6 is 0 Å². The molecule has 3 N–H and O–H groups in total. The van der Waals surface area contributed by atoms with E-state index in [0.29, 0.717) is 12.1 Å². The van der Waals surface area contributed by atoms with E-state index in [-0.39, 0.29) is 11.8 Å². The number of hydrogen-bond acceptors (Lipinski definition) is 3. The zero-order valence-corrected chi connectivity index (χ0v) is 15.8. The highest BCUT2D eigenvalue weighted by Gasteiger charge is 2.21. The number of rotatable bonds is 7. The van der Waals surface area contributed by atoms with Crippen molar-refractivity contribution in [3.8, 4) is 0 Å². The molecule has 0 spiro atoms. The van der Waals surface area contributed by atoms with Crippen molar-refractivity contribution >= 4 is 23.6 Å². The van der Waals surface area contributed by atoms with Crippen molar-refractivity contribution in [1.82, 2.24) is 5.48 Å². The topological polar surface area (TPSA) is 78.4 Å². The van der Waals surface area contributed by atoms with Gasteiger partial charge in [-0.1, -0.05) is 72.8 Å². The summed E-state index contributed by atoms with van der Waals surface area (Å²) in [6, 6.07) is 26.8. The molecule has 0 heterocycles. The van der Waals surface area contributed by atoms with Gasteiger partial charge in [-0.2, -0.15) is 0 Å². The number of carbonyl (C=O) groups is 2. The molecular formula is C24H22N2O3. The normalized spacial score (nSPS) is 11.8. The van der Waals surface area contributed by atoms with Gasteiger partial charge in [0.1, 0.15) is 0 Å². The summed E-state index contributed by atoms with van der Waals surface area (Å²) in [5, 5.41) is 11.5. The van der Waals surface area contributed by atoms with Crippen LogP contribution in [0.4, 0.5) is 5.69 Å². The molecule has 0 aliphatic rings. The summed E-state index contributed by atoms with van der Waals surface area (Å²) >= 11 is 0. The number of hydrogen-bond donors (Lipinski definition) is 3. The van der Waals surface area contributed by atoms with E-state index in [0.717, 1.165) is 16.7 Å². The smallest absolute Gasteiger partial charge is 0.267 e. The van der Waals surface area contributed by atoms with Gasteiger partial charge >= 0.3 is 0 Å². The van der Waals surface area contributed by atoms with Gasteiger partial charge in [0.2, 0.25) is 5.91 Å². The van der Waals surface area contributed by atoms with Gasteiger partial charge in [0.25, 0.3) is 5.91 Å². The molecule has 2 amide bonds. The van der Waals surface area contributed by atoms with Crippen molar-refractivity contribution in [3.05, 3.63) is 108 Å². The third kappa shape index (κ3) is 5.89. The quantitative estimate of drug-likeness (QED) is 0.324. The first-order valence-electron chi connectivity index (χ1n) is 9.27. The van der Waals surface area contributed by atoms with Crippen LogP contribution in [0.25, 0.3) is 6.08 Å². The zero-order chi connectivity index (χ0) is 20.5. The highest BCUT2D eigenvalue weighted by Crippen LogP contribution is 2.23. The fourth-order valence-electron chi connectivity index (χ4n) is 3.01. The van der Waals surface area contributed by atoms with Gasteiger partial charge in [0, 0.05) is 11.8 Å². The van der Waals surface area contributed by atoms with Gasteiger partial charge in [-0.05, 0) is 41.3 Å². The molecular weight excluding hydrogens is 364 g/mol. The predicted molar refractivity (Wildman–Crippen MR) is 113 cm³/mol. The minimum absolute atomic E-state index is 0.0806. The van der Waals surface area contributed by atoms with Crippen LogP contribution in [0.5, 0.6) is 0 Å². The fourth-order valence-corrected chi connectivity index (χ4v) is 3.01. The number of amides is 2. The largest absolute Gasteiger partial charge is 0.326 e. The summed E-state index contributed by atoms with van der Waals surface area (Å²) in [4.78, 5) is 24.1. The van der Waals surface area contributed by atoms with Crippen molar-refractivity contribution in [2.45, 2.75) is 12.3 Å². The maximum atomic E-state index is 13.1. The first kappa shape index (κ1) is 20.0. The minimum atomic E-state index is -0.603. The molecule has 0 radical (unpaired) electrons. The van der Waals surface area contributed by atoms with E-state index in [1.165, 1.54) is 11.6 Å². The van der Waals surface area contributed by atoms with Crippen LogP contribution in [0, 0.1) is 0 Å². The van der Waals surface area contributed by atoms with E-state index in [1.807, 2.05) is 60.7 Å². The summed E-state index contributed by atoms with van der Waals surface area (Å²) in [6.07, 6.45) is 3.39. The van der Waals surface area contributed by atoms with Crippen LogP contribution in [-0.2, 0) is 16.0 Å². The molecule has 146 valence electrons. The Hall–Kier alpha value is -3.70. The lowest BCUT2D eigenvalue weighted by Crippen LogP contribution is -2.23. The van der Waals surface area contributed by atoms with Crippen LogP contribution in [-0.4, -0.2) is 17.0 Å². The van der Waals surface area contributed by atoms with Gasteiger partial charge in [0.05, 0.1) is 5.92 Å². The Morgan fingerprint density at radius 1 is 0.862 bits per heavy atom. The monoisotopic (exact) mass is 386 g/mol. The summed E-state index contributed by atoms with van der Waals surface area (Å²) < 4.78 is 0. The third-order valence-corrected chi connectivity index (χ3v) is 4.52. The first-order valence-corrected chi connectivity index (χ1v) is 9.27. The van der Waals surface area contributed by atoms with Crippen molar-refractivity contribution in [2.75, 3.05) is 5.32 Å². The number of anilines is 1. The van der Waals surface area contributed by atoms with Crippen molar-refractivity contribution in [1.29, 1.82) is 0 Å². The lowest BCUT2D eigenvalue weighted by molar-refractivity contribution is -0.124. The molecule has 29 heavy (non-hydrogen) atoms. The standard InChI is InChI=1S/C24H22N2O3/c27-23(26-29)16-13-18-11-14-21(15-12-18)25-24(28)22(20-9-5-2-6-10-20)17-19-7-3-1-4-8-19/h1-16,22,29H,17H2,(H,25,28)(H,26,27). The number of nitrogens with one attached hydrogen (secondary N) is 2. The molecule has 5 heteroatoms. The SMILES string of the molecule is O=C(C=Cc1ccc(NC(=O)C(Cc2ccccc2)c2ccccc2)cc1)NO. The van der Waals surface area contributed by atoms with Crippen LogP contribution in [0.15, 0.2) is 91.0 Å². The first-order chi connectivity index (χ1) is 14.2. The summed E-state index contributed by atoms with van der Waals surface area (Å²) in [5.74, 6) is -0.997. The van der Waals surface area contributed by atoms with Crippen molar-refractivity contribution < 1.29 is 14.8 Å². The second-order valence-corrected chi connectivity index (χ2v) is 6.57. The fraction of sp³-hybridized carbons (Fsp3) is 0.0833. The van der Waals surface area contributed by atoms with Gasteiger partial charge in [0.15, 0.2) is 0 Å². The van der Waals surface area contributed by atoms with Crippen molar-refractivity contribution in [2.24, 2.45) is 0 Å². The molecule has 0 saturated carbocycles. The Labute approximate surface area is 169 Å². The van der Waals surface area contributed by atoms with Crippen LogP contribution in [0.3, 0.4) is 0 Å². The number of carbonyl (C=O) groups excluding carboxylic acids is 2.